The molecule has 0 atom stereocenters. The summed E-state index contributed by atoms with van der Waals surface area (Å²) in [5.74, 6) is 0. The van der Waals surface area contributed by atoms with E-state index in [2.05, 4.69) is 276 Å². The fourth-order valence-electron chi connectivity index (χ4n) is 10.8. The second kappa shape index (κ2) is 16.9. The minimum Gasteiger partial charge on any atom is -0.311 e. The van der Waals surface area contributed by atoms with Gasteiger partial charge in [-0.15, -0.1) is 11.3 Å². The van der Waals surface area contributed by atoms with E-state index in [4.69, 9.17) is 0 Å². The highest BCUT2D eigenvalue weighted by atomic mass is 32.1. The average Bonchev–Trinajstić information content (AvgIpc) is 4.00. The molecule has 3 heteroatoms. The third kappa shape index (κ3) is 7.17. The molecule has 0 N–H and O–H groups in total. The minimum absolute atomic E-state index is 1.09. The maximum Gasteiger partial charge on any atom is 0.0541 e. The van der Waals surface area contributed by atoms with E-state index in [0.717, 1.165) is 28.3 Å². The first-order chi connectivity index (χ1) is 35.2. The summed E-state index contributed by atoms with van der Waals surface area (Å²) in [5.41, 5.74) is 16.4. The van der Waals surface area contributed by atoms with Gasteiger partial charge >= 0.3 is 0 Å². The molecule has 332 valence electrons. The number of hydrogen-bond acceptors (Lipinski definition) is 2. The third-order valence-electron chi connectivity index (χ3n) is 14.4. The van der Waals surface area contributed by atoms with Gasteiger partial charge in [0.2, 0.25) is 0 Å². The third-order valence-corrected chi connectivity index (χ3v) is 15.6. The second-order valence-corrected chi connectivity index (χ2v) is 19.6. The summed E-state index contributed by atoms with van der Waals surface area (Å²) in [5, 5.41) is 10.3. The van der Waals surface area contributed by atoms with Crippen LogP contribution in [0.1, 0.15) is 0 Å². The van der Waals surface area contributed by atoms with Crippen LogP contribution in [-0.4, -0.2) is 4.57 Å². The van der Waals surface area contributed by atoms with E-state index in [1.807, 2.05) is 11.3 Å². The zero-order chi connectivity index (χ0) is 46.8. The van der Waals surface area contributed by atoms with E-state index >= 15 is 0 Å². The van der Waals surface area contributed by atoms with Crippen molar-refractivity contribution in [2.45, 2.75) is 0 Å². The Balaban J connectivity index is 0.821. The van der Waals surface area contributed by atoms with Crippen LogP contribution in [0.2, 0.25) is 0 Å². The van der Waals surface area contributed by atoms with Gasteiger partial charge in [-0.05, 0) is 145 Å². The van der Waals surface area contributed by atoms with Crippen LogP contribution in [0.5, 0.6) is 0 Å². The molecule has 14 aromatic rings. The van der Waals surface area contributed by atoms with Crippen LogP contribution in [-0.2, 0) is 0 Å². The lowest BCUT2D eigenvalue weighted by Crippen LogP contribution is -2.09. The lowest BCUT2D eigenvalue weighted by Gasteiger charge is -2.26. The van der Waals surface area contributed by atoms with E-state index in [1.54, 1.807) is 0 Å². The summed E-state index contributed by atoms with van der Waals surface area (Å²) in [6, 6.07) is 97.9. The van der Waals surface area contributed by atoms with Gasteiger partial charge in [0.25, 0.3) is 0 Å². The van der Waals surface area contributed by atoms with Crippen LogP contribution < -0.4 is 4.90 Å². The highest BCUT2D eigenvalue weighted by molar-refractivity contribution is 7.26. The van der Waals surface area contributed by atoms with E-state index in [0.29, 0.717) is 0 Å². The molecule has 0 aliphatic rings. The predicted octanol–water partition coefficient (Wildman–Crippen LogP) is 19.6. The van der Waals surface area contributed by atoms with Gasteiger partial charge in [-0.25, -0.2) is 0 Å². The molecular weight excluding hydrogens is 877 g/mol. The highest BCUT2D eigenvalue weighted by Gasteiger charge is 2.17. The number of anilines is 3. The molecule has 0 saturated carbocycles. The molecule has 0 saturated heterocycles. The van der Waals surface area contributed by atoms with Crippen molar-refractivity contribution in [3.8, 4) is 50.2 Å². The normalized spacial score (nSPS) is 11.7. The lowest BCUT2D eigenvalue weighted by molar-refractivity contribution is 1.18. The Morgan fingerprint density at radius 2 is 0.718 bits per heavy atom. The van der Waals surface area contributed by atoms with Crippen LogP contribution in [0.3, 0.4) is 0 Å². The number of fused-ring (bicyclic) bond motifs is 9. The van der Waals surface area contributed by atoms with Crippen molar-refractivity contribution in [2.24, 2.45) is 0 Å². The quantitative estimate of drug-likeness (QED) is 0.147. The molecule has 2 nitrogen and oxygen atoms in total. The molecule has 2 aromatic heterocycles. The zero-order valence-corrected chi connectivity index (χ0v) is 39.5. The van der Waals surface area contributed by atoms with E-state index < -0.39 is 0 Å². The molecule has 14 rings (SSSR count). The van der Waals surface area contributed by atoms with Crippen LogP contribution in [0, 0.1) is 0 Å². The SMILES string of the molecule is c1cc(-c2ccc(N(c3ccc(-c4cccc(-n5c6ccccc6c6ccccc65)c4)cc3)c3ccc(-c4ccc5c(c4)sc4c6ccccc6ccc54)cc3)cc2)cc(-c2ccc3ccccc3c2)c1. The fourth-order valence-corrected chi connectivity index (χ4v) is 12.1. The number of thiophene rings is 1. The van der Waals surface area contributed by atoms with Crippen LogP contribution in [0.25, 0.3) is 114 Å². The summed E-state index contributed by atoms with van der Waals surface area (Å²) in [6.07, 6.45) is 0. The maximum absolute atomic E-state index is 2.39. The topological polar surface area (TPSA) is 8.17 Å². The van der Waals surface area contributed by atoms with E-state index in [1.165, 1.54) is 102 Å². The Kier molecular flexibility index (Phi) is 9.75. The first-order valence-electron chi connectivity index (χ1n) is 24.3. The number of hydrogen-bond donors (Lipinski definition) is 0. The molecule has 12 aromatic carbocycles. The Morgan fingerprint density at radius 3 is 1.37 bits per heavy atom. The van der Waals surface area contributed by atoms with Gasteiger partial charge in [-0.2, -0.15) is 0 Å². The first kappa shape index (κ1) is 41.0. The Morgan fingerprint density at radius 1 is 0.268 bits per heavy atom. The zero-order valence-electron chi connectivity index (χ0n) is 38.7. The van der Waals surface area contributed by atoms with Crippen molar-refractivity contribution in [3.63, 3.8) is 0 Å². The van der Waals surface area contributed by atoms with E-state index in [9.17, 15) is 0 Å². The molecule has 0 aliphatic carbocycles. The summed E-state index contributed by atoms with van der Waals surface area (Å²) >= 11 is 1.89. The van der Waals surface area contributed by atoms with Crippen molar-refractivity contribution in [1.29, 1.82) is 0 Å². The van der Waals surface area contributed by atoms with E-state index in [-0.39, 0.29) is 0 Å². The van der Waals surface area contributed by atoms with Crippen LogP contribution >= 0.6 is 11.3 Å². The lowest BCUT2D eigenvalue weighted by atomic mass is 9.97. The number of rotatable bonds is 8. The van der Waals surface area contributed by atoms with Gasteiger partial charge < -0.3 is 9.47 Å². The Labute approximate surface area is 416 Å². The first-order valence-corrected chi connectivity index (χ1v) is 25.1. The molecule has 0 unspecified atom stereocenters. The molecule has 0 bridgehead atoms. The molecule has 0 spiro atoms. The molecule has 0 amide bonds. The van der Waals surface area contributed by atoms with Gasteiger partial charge in [0.15, 0.2) is 0 Å². The van der Waals surface area contributed by atoms with Gasteiger partial charge in [-0.1, -0.05) is 188 Å². The summed E-state index contributed by atoms with van der Waals surface area (Å²) < 4.78 is 5.05. The monoisotopic (exact) mass is 920 g/mol. The van der Waals surface area contributed by atoms with Gasteiger partial charge in [0.05, 0.1) is 11.0 Å². The number of aromatic nitrogens is 1. The number of benzene rings is 12. The Bertz CT molecular complexity index is 4280. The van der Waals surface area contributed by atoms with Crippen LogP contribution in [0.4, 0.5) is 17.1 Å². The molecular formula is C68H44N2S. The average molecular weight is 921 g/mol. The van der Waals surface area contributed by atoms with Gasteiger partial charge in [-0.3, -0.25) is 0 Å². The maximum atomic E-state index is 2.39. The molecule has 0 aliphatic heterocycles. The summed E-state index contributed by atoms with van der Waals surface area (Å²) in [7, 11) is 0. The summed E-state index contributed by atoms with van der Waals surface area (Å²) in [6.45, 7) is 0. The number of nitrogens with zero attached hydrogens (tertiary/aromatic N) is 2. The van der Waals surface area contributed by atoms with Gasteiger partial charge in [0, 0.05) is 53.7 Å². The Hall–Kier alpha value is -9.02. The van der Waals surface area contributed by atoms with Crippen molar-refractivity contribution in [2.75, 3.05) is 4.90 Å². The van der Waals surface area contributed by atoms with Crippen molar-refractivity contribution < 1.29 is 0 Å². The fraction of sp³-hybridized carbons (Fsp3) is 0. The predicted molar refractivity (Wildman–Crippen MR) is 305 cm³/mol. The summed E-state index contributed by atoms with van der Waals surface area (Å²) in [4.78, 5) is 2.37. The van der Waals surface area contributed by atoms with Crippen LogP contribution in [0.15, 0.2) is 267 Å². The molecule has 0 fully saturated rings. The largest absolute Gasteiger partial charge is 0.311 e. The number of para-hydroxylation sites is 2. The van der Waals surface area contributed by atoms with Crippen molar-refractivity contribution in [3.05, 3.63) is 267 Å². The molecule has 71 heavy (non-hydrogen) atoms. The second-order valence-electron chi connectivity index (χ2n) is 18.5. The highest BCUT2D eigenvalue weighted by Crippen LogP contribution is 2.42. The van der Waals surface area contributed by atoms with Gasteiger partial charge in [0.1, 0.15) is 0 Å². The standard InChI is InChI=1S/C68H44N2S/c1-2-13-50-42-54(24-23-45(50)11-1)52-15-9-14-51(41-52)46-25-33-56(34-26-46)69(58-37-29-48(30-38-58)55-32-39-63-64-40-31-49-12-3-4-18-60(49)68(64)71-67(63)44-55)57-35-27-47(28-36-57)53-16-10-17-59(43-53)70-65-21-7-5-19-61(65)62-20-6-8-22-66(62)70/h1-44H. The molecule has 0 radical (unpaired) electrons. The van der Waals surface area contributed by atoms with Crippen molar-refractivity contribution >= 4 is 91.9 Å². The molecule has 2 heterocycles. The minimum atomic E-state index is 1.09. The smallest absolute Gasteiger partial charge is 0.0541 e. The van der Waals surface area contributed by atoms with Crippen molar-refractivity contribution in [1.82, 2.24) is 4.57 Å².